The lowest BCUT2D eigenvalue weighted by Gasteiger charge is -2.37. The van der Waals surface area contributed by atoms with Gasteiger partial charge in [0.05, 0.1) is 13.0 Å². The molecule has 1 heterocycles. The van der Waals surface area contributed by atoms with Crippen LogP contribution in [0.1, 0.15) is 20.3 Å². The van der Waals surface area contributed by atoms with Crippen molar-refractivity contribution in [2.24, 2.45) is 0 Å². The summed E-state index contributed by atoms with van der Waals surface area (Å²) in [4.78, 5) is 14.2. The van der Waals surface area contributed by atoms with Crippen LogP contribution in [-0.4, -0.2) is 41.0 Å². The number of benzene rings is 1. The van der Waals surface area contributed by atoms with Gasteiger partial charge < -0.3 is 15.4 Å². The van der Waals surface area contributed by atoms with E-state index in [0.717, 1.165) is 18.0 Å². The molecule has 2 N–H and O–H groups in total. The summed E-state index contributed by atoms with van der Waals surface area (Å²) >= 11 is 1.93. The van der Waals surface area contributed by atoms with Gasteiger partial charge in [-0.3, -0.25) is 4.79 Å². The van der Waals surface area contributed by atoms with Crippen molar-refractivity contribution in [2.75, 3.05) is 24.6 Å². The molecule has 1 fully saturated rings. The number of carbonyl (C=O) groups is 1. The highest BCUT2D eigenvalue weighted by Crippen LogP contribution is 2.24. The lowest BCUT2D eigenvalue weighted by molar-refractivity contribution is -0.133. The number of hydrogen-bond donors (Lipinski definition) is 1. The van der Waals surface area contributed by atoms with Crippen LogP contribution in [0.3, 0.4) is 0 Å². The summed E-state index contributed by atoms with van der Waals surface area (Å²) < 4.78 is 5.58. The van der Waals surface area contributed by atoms with Crippen molar-refractivity contribution in [3.05, 3.63) is 24.3 Å². The van der Waals surface area contributed by atoms with Gasteiger partial charge in [0, 0.05) is 29.3 Å². The lowest BCUT2D eigenvalue weighted by Crippen LogP contribution is -2.48. The Balaban J connectivity index is 1.78. The van der Waals surface area contributed by atoms with E-state index in [1.54, 1.807) is 12.1 Å². The predicted molar refractivity (Wildman–Crippen MR) is 84.1 cm³/mol. The first-order valence-corrected chi connectivity index (χ1v) is 8.02. The van der Waals surface area contributed by atoms with E-state index in [9.17, 15) is 4.79 Å². The minimum Gasteiger partial charge on any atom is -0.493 e. The maximum atomic E-state index is 12.2. The van der Waals surface area contributed by atoms with Crippen LogP contribution in [0, 0.1) is 0 Å². The Kier molecular flexibility index (Phi) is 5.17. The molecule has 2 unspecified atom stereocenters. The van der Waals surface area contributed by atoms with E-state index in [4.69, 9.17) is 10.5 Å². The highest BCUT2D eigenvalue weighted by Gasteiger charge is 2.28. The summed E-state index contributed by atoms with van der Waals surface area (Å²) in [7, 11) is 0. The minimum atomic E-state index is 0.181. The minimum absolute atomic E-state index is 0.181. The smallest absolute Gasteiger partial charge is 0.226 e. The van der Waals surface area contributed by atoms with E-state index in [2.05, 4.69) is 13.8 Å². The Morgan fingerprint density at radius 1 is 1.40 bits per heavy atom. The highest BCUT2D eigenvalue weighted by molar-refractivity contribution is 8.00. The molecule has 1 saturated heterocycles. The molecule has 0 aliphatic carbocycles. The Labute approximate surface area is 124 Å². The maximum absolute atomic E-state index is 12.2. The van der Waals surface area contributed by atoms with E-state index in [0.29, 0.717) is 30.0 Å². The van der Waals surface area contributed by atoms with E-state index in [1.807, 2.05) is 28.8 Å². The van der Waals surface area contributed by atoms with Crippen LogP contribution in [0.2, 0.25) is 0 Å². The Morgan fingerprint density at radius 2 is 2.10 bits per heavy atom. The van der Waals surface area contributed by atoms with Gasteiger partial charge in [0.25, 0.3) is 0 Å². The standard InChI is InChI=1S/C15H22N2O2S/c1-11-12(2)20-10-8-17(11)15(18)7-9-19-14-5-3-13(16)4-6-14/h3-6,11-12H,7-10,16H2,1-2H3. The fourth-order valence-electron chi connectivity index (χ4n) is 2.25. The zero-order chi connectivity index (χ0) is 14.5. The van der Waals surface area contributed by atoms with Crippen LogP contribution in [0.25, 0.3) is 0 Å². The van der Waals surface area contributed by atoms with Crippen LogP contribution in [0.5, 0.6) is 5.75 Å². The third-order valence-corrected chi connectivity index (χ3v) is 5.01. The van der Waals surface area contributed by atoms with Gasteiger partial charge >= 0.3 is 0 Å². The van der Waals surface area contributed by atoms with Crippen molar-refractivity contribution >= 4 is 23.4 Å². The molecule has 4 nitrogen and oxygen atoms in total. The lowest BCUT2D eigenvalue weighted by atomic mass is 10.2. The Hall–Kier alpha value is -1.36. The average molecular weight is 294 g/mol. The van der Waals surface area contributed by atoms with E-state index >= 15 is 0 Å². The van der Waals surface area contributed by atoms with Gasteiger partial charge in [-0.25, -0.2) is 0 Å². The molecular formula is C15H22N2O2S. The topological polar surface area (TPSA) is 55.6 Å². The molecule has 20 heavy (non-hydrogen) atoms. The second-order valence-corrected chi connectivity index (χ2v) is 6.56. The van der Waals surface area contributed by atoms with Gasteiger partial charge in [0.15, 0.2) is 0 Å². The molecule has 1 aliphatic rings. The Morgan fingerprint density at radius 3 is 2.80 bits per heavy atom. The SMILES string of the molecule is CC1SCCN(C(=O)CCOc2ccc(N)cc2)C1C. The van der Waals surface area contributed by atoms with Gasteiger partial charge in [-0.15, -0.1) is 0 Å². The zero-order valence-electron chi connectivity index (χ0n) is 12.0. The number of hydrogen-bond acceptors (Lipinski definition) is 4. The quantitative estimate of drug-likeness (QED) is 0.866. The molecule has 110 valence electrons. The van der Waals surface area contributed by atoms with Crippen molar-refractivity contribution in [2.45, 2.75) is 31.6 Å². The summed E-state index contributed by atoms with van der Waals surface area (Å²) in [5, 5.41) is 0.505. The van der Waals surface area contributed by atoms with Crippen LogP contribution in [0.15, 0.2) is 24.3 Å². The second kappa shape index (κ2) is 6.88. The normalized spacial score (nSPS) is 22.6. The largest absolute Gasteiger partial charge is 0.493 e. The van der Waals surface area contributed by atoms with Crippen LogP contribution >= 0.6 is 11.8 Å². The molecule has 2 atom stereocenters. The Bertz CT molecular complexity index is 450. The predicted octanol–water partition coefficient (Wildman–Crippen LogP) is 2.39. The zero-order valence-corrected chi connectivity index (χ0v) is 12.9. The first kappa shape index (κ1) is 15.0. The van der Waals surface area contributed by atoms with Gasteiger partial charge in [-0.2, -0.15) is 11.8 Å². The first-order valence-electron chi connectivity index (χ1n) is 6.97. The van der Waals surface area contributed by atoms with Crippen LogP contribution in [0.4, 0.5) is 5.69 Å². The van der Waals surface area contributed by atoms with Gasteiger partial charge in [0.1, 0.15) is 5.75 Å². The molecule has 0 bridgehead atoms. The number of carbonyl (C=O) groups excluding carboxylic acids is 1. The molecule has 2 rings (SSSR count). The summed E-state index contributed by atoms with van der Waals surface area (Å²) in [6.07, 6.45) is 0.423. The molecular weight excluding hydrogens is 272 g/mol. The van der Waals surface area contributed by atoms with Crippen molar-refractivity contribution < 1.29 is 9.53 Å². The van der Waals surface area contributed by atoms with Crippen molar-refractivity contribution in [3.63, 3.8) is 0 Å². The molecule has 0 saturated carbocycles. The van der Waals surface area contributed by atoms with Crippen molar-refractivity contribution in [1.82, 2.24) is 4.90 Å². The molecule has 0 aromatic heterocycles. The fourth-order valence-corrected chi connectivity index (χ4v) is 3.35. The molecule has 5 heteroatoms. The third kappa shape index (κ3) is 3.82. The number of ether oxygens (including phenoxy) is 1. The number of thioether (sulfide) groups is 1. The van der Waals surface area contributed by atoms with Gasteiger partial charge in [-0.05, 0) is 31.2 Å². The number of rotatable bonds is 4. The molecule has 1 aromatic carbocycles. The number of nitrogens with two attached hydrogens (primary N) is 1. The van der Waals surface area contributed by atoms with Gasteiger partial charge in [-0.1, -0.05) is 6.92 Å². The van der Waals surface area contributed by atoms with Crippen LogP contribution in [-0.2, 0) is 4.79 Å². The van der Waals surface area contributed by atoms with Gasteiger partial charge in [0.2, 0.25) is 5.91 Å². The average Bonchev–Trinajstić information content (AvgIpc) is 2.44. The number of anilines is 1. The summed E-state index contributed by atoms with van der Waals surface area (Å²) in [6, 6.07) is 7.54. The molecule has 0 radical (unpaired) electrons. The highest BCUT2D eigenvalue weighted by atomic mass is 32.2. The van der Waals surface area contributed by atoms with E-state index < -0.39 is 0 Å². The monoisotopic (exact) mass is 294 g/mol. The van der Waals surface area contributed by atoms with Crippen molar-refractivity contribution in [1.29, 1.82) is 0 Å². The third-order valence-electron chi connectivity index (χ3n) is 3.67. The van der Waals surface area contributed by atoms with Crippen molar-refractivity contribution in [3.8, 4) is 5.75 Å². The molecule has 1 aromatic rings. The molecule has 1 amide bonds. The fraction of sp³-hybridized carbons (Fsp3) is 0.533. The summed E-state index contributed by atoms with van der Waals surface area (Å²) in [5.74, 6) is 1.96. The van der Waals surface area contributed by atoms with Crippen LogP contribution < -0.4 is 10.5 Å². The molecule has 0 spiro atoms. The first-order chi connectivity index (χ1) is 9.58. The second-order valence-electron chi connectivity index (χ2n) is 5.07. The summed E-state index contributed by atoms with van der Waals surface area (Å²) in [5.41, 5.74) is 6.32. The number of nitrogen functional groups attached to an aromatic ring is 1. The van der Waals surface area contributed by atoms with E-state index in [1.165, 1.54) is 0 Å². The number of amides is 1. The maximum Gasteiger partial charge on any atom is 0.226 e. The number of nitrogens with zero attached hydrogens (tertiary/aromatic N) is 1. The molecule has 1 aliphatic heterocycles. The summed E-state index contributed by atoms with van der Waals surface area (Å²) in [6.45, 7) is 5.56. The van der Waals surface area contributed by atoms with E-state index in [-0.39, 0.29) is 5.91 Å².